The SMILES string of the molecule is Cc1ccc(-c2nc(N)nc(N3CCCC3)n2)cc1Cl. The Labute approximate surface area is 122 Å². The van der Waals surface area contributed by atoms with E-state index in [9.17, 15) is 0 Å². The van der Waals surface area contributed by atoms with Gasteiger partial charge in [-0.25, -0.2) is 0 Å². The minimum atomic E-state index is 0.244. The molecular formula is C14H16ClN5. The van der Waals surface area contributed by atoms with E-state index in [1.54, 1.807) is 0 Å². The molecule has 1 fully saturated rings. The van der Waals surface area contributed by atoms with E-state index >= 15 is 0 Å². The predicted molar refractivity (Wildman–Crippen MR) is 80.9 cm³/mol. The molecular weight excluding hydrogens is 274 g/mol. The van der Waals surface area contributed by atoms with Gasteiger partial charge in [-0.2, -0.15) is 15.0 Å². The monoisotopic (exact) mass is 289 g/mol. The number of hydrogen-bond donors (Lipinski definition) is 1. The van der Waals surface area contributed by atoms with Crippen LogP contribution in [0.4, 0.5) is 11.9 Å². The first-order valence-corrected chi connectivity index (χ1v) is 7.04. The molecule has 0 bridgehead atoms. The Kier molecular flexibility index (Phi) is 3.44. The third-order valence-electron chi connectivity index (χ3n) is 3.46. The maximum Gasteiger partial charge on any atom is 0.230 e. The van der Waals surface area contributed by atoms with E-state index in [0.717, 1.165) is 37.1 Å². The summed E-state index contributed by atoms with van der Waals surface area (Å²) in [4.78, 5) is 15.1. The number of rotatable bonds is 2. The molecule has 1 saturated heterocycles. The highest BCUT2D eigenvalue weighted by Gasteiger charge is 2.17. The van der Waals surface area contributed by atoms with Gasteiger partial charge in [0.05, 0.1) is 0 Å². The van der Waals surface area contributed by atoms with E-state index in [-0.39, 0.29) is 5.95 Å². The van der Waals surface area contributed by atoms with Crippen LogP contribution in [0, 0.1) is 6.92 Å². The van der Waals surface area contributed by atoms with Crippen LogP contribution in [0.2, 0.25) is 5.02 Å². The zero-order chi connectivity index (χ0) is 14.1. The van der Waals surface area contributed by atoms with Crippen LogP contribution < -0.4 is 10.6 Å². The summed E-state index contributed by atoms with van der Waals surface area (Å²) in [6.07, 6.45) is 2.33. The van der Waals surface area contributed by atoms with Crippen LogP contribution in [0.3, 0.4) is 0 Å². The van der Waals surface area contributed by atoms with Crippen LogP contribution in [0.1, 0.15) is 18.4 Å². The first kappa shape index (κ1) is 13.1. The van der Waals surface area contributed by atoms with Crippen molar-refractivity contribution in [2.75, 3.05) is 23.7 Å². The van der Waals surface area contributed by atoms with E-state index < -0.39 is 0 Å². The van der Waals surface area contributed by atoms with Crippen molar-refractivity contribution >= 4 is 23.5 Å². The highest BCUT2D eigenvalue weighted by molar-refractivity contribution is 6.31. The van der Waals surface area contributed by atoms with Gasteiger partial charge in [0.2, 0.25) is 11.9 Å². The molecule has 5 nitrogen and oxygen atoms in total. The molecule has 3 rings (SSSR count). The van der Waals surface area contributed by atoms with Crippen LogP contribution in [0.25, 0.3) is 11.4 Å². The van der Waals surface area contributed by atoms with Crippen LogP contribution in [-0.4, -0.2) is 28.0 Å². The first-order chi connectivity index (χ1) is 9.63. The number of nitrogens with two attached hydrogens (primary N) is 1. The molecule has 2 heterocycles. The third kappa shape index (κ3) is 2.54. The fourth-order valence-electron chi connectivity index (χ4n) is 2.30. The topological polar surface area (TPSA) is 67.9 Å². The van der Waals surface area contributed by atoms with Gasteiger partial charge in [0, 0.05) is 23.7 Å². The Hall–Kier alpha value is -1.88. The van der Waals surface area contributed by atoms with E-state index in [1.807, 2.05) is 25.1 Å². The quantitative estimate of drug-likeness (QED) is 0.920. The molecule has 6 heteroatoms. The lowest BCUT2D eigenvalue weighted by Gasteiger charge is -2.15. The van der Waals surface area contributed by atoms with Gasteiger partial charge >= 0.3 is 0 Å². The van der Waals surface area contributed by atoms with Crippen molar-refractivity contribution in [3.63, 3.8) is 0 Å². The fourth-order valence-corrected chi connectivity index (χ4v) is 2.48. The fraction of sp³-hybridized carbons (Fsp3) is 0.357. The summed E-state index contributed by atoms with van der Waals surface area (Å²) < 4.78 is 0. The van der Waals surface area contributed by atoms with Crippen LogP contribution in [-0.2, 0) is 0 Å². The lowest BCUT2D eigenvalue weighted by Crippen LogP contribution is -2.21. The van der Waals surface area contributed by atoms with E-state index in [0.29, 0.717) is 16.8 Å². The van der Waals surface area contributed by atoms with Crippen LogP contribution >= 0.6 is 11.6 Å². The molecule has 1 aromatic carbocycles. The zero-order valence-electron chi connectivity index (χ0n) is 11.3. The van der Waals surface area contributed by atoms with Gasteiger partial charge in [-0.05, 0) is 31.4 Å². The molecule has 1 aliphatic rings. The number of halogens is 1. The number of anilines is 2. The van der Waals surface area contributed by atoms with Gasteiger partial charge in [0.25, 0.3) is 0 Å². The summed E-state index contributed by atoms with van der Waals surface area (Å²) in [5.74, 6) is 1.47. The molecule has 1 aliphatic heterocycles. The number of aryl methyl sites for hydroxylation is 1. The second-order valence-electron chi connectivity index (χ2n) is 4.98. The van der Waals surface area contributed by atoms with Crippen LogP contribution in [0.5, 0.6) is 0 Å². The molecule has 1 aromatic heterocycles. The molecule has 0 amide bonds. The Balaban J connectivity index is 2.02. The average molecular weight is 290 g/mol. The average Bonchev–Trinajstić information content (AvgIpc) is 2.95. The standard InChI is InChI=1S/C14H16ClN5/c1-9-4-5-10(8-11(9)15)12-17-13(16)19-14(18-12)20-6-2-3-7-20/h4-5,8H,2-3,6-7H2,1H3,(H2,16,17,18,19). The summed E-state index contributed by atoms with van der Waals surface area (Å²) >= 11 is 6.16. The van der Waals surface area contributed by atoms with Gasteiger partial charge in [-0.3, -0.25) is 0 Å². The lowest BCUT2D eigenvalue weighted by atomic mass is 10.1. The molecule has 2 aromatic rings. The van der Waals surface area contributed by atoms with Crippen molar-refractivity contribution in [3.8, 4) is 11.4 Å². The Morgan fingerprint density at radius 2 is 1.90 bits per heavy atom. The van der Waals surface area contributed by atoms with Crippen LogP contribution in [0.15, 0.2) is 18.2 Å². The predicted octanol–water partition coefficient (Wildman–Crippen LogP) is 2.68. The van der Waals surface area contributed by atoms with Crippen molar-refractivity contribution < 1.29 is 0 Å². The van der Waals surface area contributed by atoms with E-state index in [2.05, 4.69) is 19.9 Å². The normalized spacial score (nSPS) is 14.8. The van der Waals surface area contributed by atoms with Crippen molar-refractivity contribution in [1.82, 2.24) is 15.0 Å². The van der Waals surface area contributed by atoms with Gasteiger partial charge in [-0.15, -0.1) is 0 Å². The van der Waals surface area contributed by atoms with Crippen molar-refractivity contribution in [2.45, 2.75) is 19.8 Å². The van der Waals surface area contributed by atoms with Crippen molar-refractivity contribution in [1.29, 1.82) is 0 Å². The molecule has 0 unspecified atom stereocenters. The highest BCUT2D eigenvalue weighted by atomic mass is 35.5. The second-order valence-corrected chi connectivity index (χ2v) is 5.38. The van der Waals surface area contributed by atoms with Crippen molar-refractivity contribution in [2.24, 2.45) is 0 Å². The highest BCUT2D eigenvalue weighted by Crippen LogP contribution is 2.25. The molecule has 2 N–H and O–H groups in total. The molecule has 0 saturated carbocycles. The molecule has 0 aliphatic carbocycles. The van der Waals surface area contributed by atoms with Gasteiger partial charge in [0.15, 0.2) is 5.82 Å². The largest absolute Gasteiger partial charge is 0.368 e. The number of aromatic nitrogens is 3. The summed E-state index contributed by atoms with van der Waals surface area (Å²) in [5.41, 5.74) is 7.69. The number of hydrogen-bond acceptors (Lipinski definition) is 5. The summed E-state index contributed by atoms with van der Waals surface area (Å²) in [6.45, 7) is 3.90. The van der Waals surface area contributed by atoms with Crippen molar-refractivity contribution in [3.05, 3.63) is 28.8 Å². The maximum absolute atomic E-state index is 6.16. The summed E-state index contributed by atoms with van der Waals surface area (Å²) in [7, 11) is 0. The van der Waals surface area contributed by atoms with Gasteiger partial charge < -0.3 is 10.6 Å². The molecule has 0 radical (unpaired) electrons. The number of nitrogen functional groups attached to an aromatic ring is 1. The molecule has 0 atom stereocenters. The van der Waals surface area contributed by atoms with E-state index in [4.69, 9.17) is 17.3 Å². The lowest BCUT2D eigenvalue weighted by molar-refractivity contribution is 0.887. The molecule has 20 heavy (non-hydrogen) atoms. The minimum Gasteiger partial charge on any atom is -0.368 e. The minimum absolute atomic E-state index is 0.244. The second kappa shape index (κ2) is 5.25. The maximum atomic E-state index is 6.16. The Bertz CT molecular complexity index is 637. The number of nitrogens with zero attached hydrogens (tertiary/aromatic N) is 4. The Morgan fingerprint density at radius 1 is 1.15 bits per heavy atom. The molecule has 0 spiro atoms. The molecule has 104 valence electrons. The Morgan fingerprint density at radius 3 is 2.60 bits per heavy atom. The summed E-state index contributed by atoms with van der Waals surface area (Å²) in [6, 6.07) is 5.76. The third-order valence-corrected chi connectivity index (χ3v) is 3.87. The smallest absolute Gasteiger partial charge is 0.230 e. The van der Waals surface area contributed by atoms with Gasteiger partial charge in [-0.1, -0.05) is 23.7 Å². The summed E-state index contributed by atoms with van der Waals surface area (Å²) in [5, 5.41) is 0.698. The van der Waals surface area contributed by atoms with E-state index in [1.165, 1.54) is 0 Å². The number of benzene rings is 1. The first-order valence-electron chi connectivity index (χ1n) is 6.66. The zero-order valence-corrected chi connectivity index (χ0v) is 12.1. The van der Waals surface area contributed by atoms with Gasteiger partial charge in [0.1, 0.15) is 0 Å².